The number of carbonyl (C=O) groups excluding carboxylic acids is 1. The van der Waals surface area contributed by atoms with E-state index >= 15 is 0 Å². The molecule has 1 N–H and O–H groups in total. The molecule has 0 unspecified atom stereocenters. The minimum atomic E-state index is 0.274. The normalized spacial score (nSPS) is 12.4. The molecule has 0 aromatic heterocycles. The monoisotopic (exact) mass is 128 g/mol. The van der Waals surface area contributed by atoms with Gasteiger partial charge in [-0.15, -0.1) is 0 Å². The van der Waals surface area contributed by atoms with Crippen LogP contribution in [0.25, 0.3) is 0 Å². The lowest BCUT2D eigenvalue weighted by atomic mass is 10.2. The molecule has 0 atom stereocenters. The lowest BCUT2D eigenvalue weighted by Crippen LogP contribution is -1.93. The van der Waals surface area contributed by atoms with E-state index in [9.17, 15) is 0 Å². The van der Waals surface area contributed by atoms with Crippen molar-refractivity contribution in [1.82, 2.24) is 0 Å². The molecule has 0 spiro atoms. The van der Waals surface area contributed by atoms with Gasteiger partial charge in [0.15, 0.2) is 5.76 Å². The molecule has 0 bridgehead atoms. The maximum Gasteiger partial charge on any atom is 0.257 e. The lowest BCUT2D eigenvalue weighted by molar-refractivity contribution is -0.387. The third-order valence-corrected chi connectivity index (χ3v) is 1.29. The number of allylic oxidation sites excluding steroid dienone is 1. The van der Waals surface area contributed by atoms with Gasteiger partial charge in [-0.3, -0.25) is 0 Å². The Morgan fingerprint density at radius 3 is 2.11 bits per heavy atom. The van der Waals surface area contributed by atoms with Crippen molar-refractivity contribution in [2.75, 3.05) is 0 Å². The number of rotatable bonds is 2. The Hall–Kier alpha value is -0.760. The quantitative estimate of drug-likeness (QED) is 0.341. The summed E-state index contributed by atoms with van der Waals surface area (Å²) in [5, 5.41) is 8.87. The summed E-state index contributed by atoms with van der Waals surface area (Å²) in [6.07, 6.45) is 0.274. The molecule has 0 amide bonds. The molecule has 0 aliphatic heterocycles. The Bertz CT molecular complexity index is 134. The molecule has 9 heavy (non-hydrogen) atoms. The van der Waals surface area contributed by atoms with Crippen LogP contribution in [0.2, 0.25) is 0 Å². The second kappa shape index (κ2) is 3.30. The molecule has 0 heterocycles. The molecule has 0 aromatic rings. The number of hydrogen-bond acceptors (Lipinski definition) is 1. The second-order valence-electron chi connectivity index (χ2n) is 1.91. The average Bonchev–Trinajstić information content (AvgIpc) is 1.84. The van der Waals surface area contributed by atoms with Crippen LogP contribution >= 0.6 is 0 Å². The average molecular weight is 128 g/mol. The van der Waals surface area contributed by atoms with Gasteiger partial charge in [-0.05, 0) is 6.92 Å². The Kier molecular flexibility index (Phi) is 3.02. The van der Waals surface area contributed by atoms with E-state index in [1.807, 2.05) is 0 Å². The van der Waals surface area contributed by atoms with Gasteiger partial charge in [-0.25, -0.2) is 0 Å². The highest BCUT2D eigenvalue weighted by Gasteiger charge is 1.96. The van der Waals surface area contributed by atoms with Gasteiger partial charge in [0, 0.05) is 0 Å². The van der Waals surface area contributed by atoms with Crippen LogP contribution in [-0.2, 0) is 4.42 Å². The van der Waals surface area contributed by atoms with Gasteiger partial charge in [-0.2, -0.15) is 0 Å². The van der Waals surface area contributed by atoms with Gasteiger partial charge in [0.2, 0.25) is 0 Å². The molecule has 0 radical (unpaired) electrons. The summed E-state index contributed by atoms with van der Waals surface area (Å²) in [6.45, 7) is 8.34. The molecular formula is C7H12O2. The first kappa shape index (κ1) is 8.24. The molecule has 0 fully saturated rings. The minimum absolute atomic E-state index is 0.274. The Labute approximate surface area is 55.5 Å². The van der Waals surface area contributed by atoms with Crippen LogP contribution in [0, 0.1) is 6.10 Å². The highest BCUT2D eigenvalue weighted by molar-refractivity contribution is 5.19. The molecule has 0 rings (SSSR count). The molecule has 0 saturated heterocycles. The molecule has 2 heteroatoms. The Morgan fingerprint density at radius 2 is 2.00 bits per heavy atom. The van der Waals surface area contributed by atoms with Gasteiger partial charge >= 0.3 is 0 Å². The molecular weight excluding hydrogens is 116 g/mol. The summed E-state index contributed by atoms with van der Waals surface area (Å²) in [5.41, 5.74) is 0.741. The summed E-state index contributed by atoms with van der Waals surface area (Å²) in [5.74, 6) is 0.648. The summed E-state index contributed by atoms with van der Waals surface area (Å²) < 4.78 is 4.62. The van der Waals surface area contributed by atoms with Crippen LogP contribution in [0.4, 0.5) is 0 Å². The summed E-state index contributed by atoms with van der Waals surface area (Å²) in [7, 11) is 0. The van der Waals surface area contributed by atoms with Crippen LogP contribution in [0.15, 0.2) is 11.3 Å². The largest absolute Gasteiger partial charge is 0.454 e. The van der Waals surface area contributed by atoms with Crippen molar-refractivity contribution in [3.63, 3.8) is 0 Å². The first-order chi connectivity index (χ1) is 4.09. The van der Waals surface area contributed by atoms with Crippen molar-refractivity contribution in [3.05, 3.63) is 17.4 Å². The van der Waals surface area contributed by atoms with Crippen molar-refractivity contribution in [2.45, 2.75) is 20.8 Å². The predicted octanol–water partition coefficient (Wildman–Crippen LogP) is 1.57. The first-order valence-electron chi connectivity index (χ1n) is 2.72. The Morgan fingerprint density at radius 1 is 1.56 bits per heavy atom. The van der Waals surface area contributed by atoms with Crippen molar-refractivity contribution in [1.29, 1.82) is 0 Å². The summed E-state index contributed by atoms with van der Waals surface area (Å²) >= 11 is 0. The zero-order chi connectivity index (χ0) is 7.44. The number of hydrogen-bond donors (Lipinski definition) is 1. The van der Waals surface area contributed by atoms with Gasteiger partial charge < -0.3 is 9.53 Å². The molecule has 2 nitrogen and oxygen atoms in total. The minimum Gasteiger partial charge on any atom is -0.454 e. The SMILES string of the molecule is C=[O+]C(C)=C(C)[C-](C)O. The van der Waals surface area contributed by atoms with Gasteiger partial charge in [0.1, 0.15) is 0 Å². The van der Waals surface area contributed by atoms with Gasteiger partial charge in [0.05, 0.1) is 0 Å². The topological polar surface area (TPSA) is 31.5 Å². The fraction of sp³-hybridized carbons (Fsp3) is 0.429. The standard InChI is InChI=1S/C7H12O2/c1-5(6(2)8)7(3)9-4/h8H,4H2,1-3H3. The maximum atomic E-state index is 8.87. The van der Waals surface area contributed by atoms with Crippen LogP contribution in [0.5, 0.6) is 0 Å². The lowest BCUT2D eigenvalue weighted by Gasteiger charge is -2.10. The van der Waals surface area contributed by atoms with Crippen molar-refractivity contribution >= 4 is 6.79 Å². The van der Waals surface area contributed by atoms with E-state index in [1.54, 1.807) is 20.8 Å². The fourth-order valence-electron chi connectivity index (χ4n) is 0.363. The Balaban J connectivity index is 4.27. The van der Waals surface area contributed by atoms with Crippen molar-refractivity contribution < 1.29 is 9.53 Å². The summed E-state index contributed by atoms with van der Waals surface area (Å²) in [4.78, 5) is 0. The number of aliphatic hydroxyl groups is 1. The van der Waals surface area contributed by atoms with Crippen LogP contribution in [-0.4, -0.2) is 11.9 Å². The third-order valence-electron chi connectivity index (χ3n) is 1.29. The molecule has 0 aliphatic rings. The van der Waals surface area contributed by atoms with E-state index in [1.165, 1.54) is 0 Å². The van der Waals surface area contributed by atoms with E-state index in [0.717, 1.165) is 5.57 Å². The highest BCUT2D eigenvalue weighted by Crippen LogP contribution is 2.11. The van der Waals surface area contributed by atoms with E-state index < -0.39 is 0 Å². The van der Waals surface area contributed by atoms with E-state index in [2.05, 4.69) is 11.2 Å². The van der Waals surface area contributed by atoms with Crippen LogP contribution < -0.4 is 0 Å². The molecule has 0 aromatic carbocycles. The zero-order valence-electron chi connectivity index (χ0n) is 6.06. The van der Waals surface area contributed by atoms with E-state index in [4.69, 9.17) is 5.11 Å². The maximum absolute atomic E-state index is 8.87. The number of aliphatic hydroxyl groups excluding tert-OH is 1. The van der Waals surface area contributed by atoms with Crippen molar-refractivity contribution in [2.24, 2.45) is 0 Å². The molecule has 0 saturated carbocycles. The fourth-order valence-corrected chi connectivity index (χ4v) is 0.363. The second-order valence-corrected chi connectivity index (χ2v) is 1.91. The van der Waals surface area contributed by atoms with Gasteiger partial charge in [-0.1, -0.05) is 25.5 Å². The summed E-state index contributed by atoms with van der Waals surface area (Å²) in [6, 6.07) is 0. The first-order valence-corrected chi connectivity index (χ1v) is 2.72. The molecule has 0 aliphatic carbocycles. The predicted molar refractivity (Wildman–Crippen MR) is 36.3 cm³/mol. The highest BCUT2D eigenvalue weighted by atomic mass is 16.4. The van der Waals surface area contributed by atoms with E-state index in [0.29, 0.717) is 5.76 Å². The smallest absolute Gasteiger partial charge is 0.257 e. The zero-order valence-corrected chi connectivity index (χ0v) is 6.06. The van der Waals surface area contributed by atoms with Crippen molar-refractivity contribution in [3.8, 4) is 0 Å². The van der Waals surface area contributed by atoms with Crippen LogP contribution in [0.3, 0.4) is 0 Å². The van der Waals surface area contributed by atoms with Crippen LogP contribution in [0.1, 0.15) is 20.8 Å². The van der Waals surface area contributed by atoms with Gasteiger partial charge in [0.25, 0.3) is 6.79 Å². The third kappa shape index (κ3) is 2.33. The van der Waals surface area contributed by atoms with E-state index in [-0.39, 0.29) is 6.10 Å². The molecule has 52 valence electrons.